The molecule has 2 rings (SSSR count). The molecule has 1 amide bonds. The number of carbonyl (C=O) groups is 2. The number of carboxylic acids is 1. The van der Waals surface area contributed by atoms with Crippen LogP contribution in [0.25, 0.3) is 11.0 Å². The van der Waals surface area contributed by atoms with Crippen molar-refractivity contribution in [3.8, 4) is 0 Å². The highest BCUT2D eigenvalue weighted by Crippen LogP contribution is 2.32. The van der Waals surface area contributed by atoms with E-state index in [9.17, 15) is 32.9 Å². The number of carbonyl (C=O) groups excluding carboxylic acids is 1. The zero-order valence-corrected chi connectivity index (χ0v) is 16.6. The van der Waals surface area contributed by atoms with Gasteiger partial charge < -0.3 is 15.4 Å². The highest BCUT2D eigenvalue weighted by atomic mass is 32.2. The number of carboxylic acid groups (broad SMARTS) is 1. The fourth-order valence-electron chi connectivity index (χ4n) is 2.20. The van der Waals surface area contributed by atoms with E-state index in [4.69, 9.17) is 5.11 Å². The quantitative estimate of drug-likeness (QED) is 0.241. The van der Waals surface area contributed by atoms with Crippen molar-refractivity contribution >= 4 is 56.2 Å². The molecule has 13 nitrogen and oxygen atoms in total. The number of aromatic amines is 1. The average Bonchev–Trinajstić information content (AvgIpc) is 2.56. The number of benzene rings is 1. The third-order valence-electron chi connectivity index (χ3n) is 3.33. The first-order chi connectivity index (χ1) is 13.4. The predicted octanol–water partition coefficient (Wildman–Crippen LogP) is -0.116. The molecule has 0 bridgehead atoms. The summed E-state index contributed by atoms with van der Waals surface area (Å²) in [6.45, 7) is 1.13. The number of rotatable bonds is 8. The van der Waals surface area contributed by atoms with Crippen LogP contribution in [-0.2, 0) is 19.6 Å². The zero-order chi connectivity index (χ0) is 21.9. The van der Waals surface area contributed by atoms with E-state index < -0.39 is 49.9 Å². The lowest BCUT2D eigenvalue weighted by Crippen LogP contribution is -2.41. The molecule has 156 valence electrons. The molecule has 0 saturated carbocycles. The summed E-state index contributed by atoms with van der Waals surface area (Å²) in [7, 11) is -3.79. The largest absolute Gasteiger partial charge is 0.480 e. The number of aromatic nitrogens is 2. The number of nitrogens with one attached hydrogen (secondary N) is 3. The number of amides is 1. The van der Waals surface area contributed by atoms with Crippen LogP contribution in [0.1, 0.15) is 6.92 Å². The molecule has 0 fully saturated rings. The lowest BCUT2D eigenvalue weighted by molar-refractivity contribution is -0.387. The fraction of sp³-hybridized carbons (Fsp3) is 0.286. The number of sulfonamides is 1. The number of anilines is 1. The molecule has 0 spiro atoms. The van der Waals surface area contributed by atoms with Crippen LogP contribution >= 0.6 is 11.8 Å². The molecule has 0 radical (unpaired) electrons. The van der Waals surface area contributed by atoms with Crippen LogP contribution in [-0.4, -0.2) is 58.3 Å². The maximum absolute atomic E-state index is 11.9. The third kappa shape index (κ3) is 5.89. The van der Waals surface area contributed by atoms with E-state index in [1.54, 1.807) is 0 Å². The lowest BCUT2D eigenvalue weighted by atomic mass is 10.2. The van der Waals surface area contributed by atoms with Gasteiger partial charge >= 0.3 is 5.97 Å². The molecule has 1 unspecified atom stereocenters. The molecule has 4 N–H and O–H groups in total. The second-order valence-electron chi connectivity index (χ2n) is 5.79. The summed E-state index contributed by atoms with van der Waals surface area (Å²) in [4.78, 5) is 51.1. The first-order valence-electron chi connectivity index (χ1n) is 7.70. The molecular weight excluding hydrogens is 430 g/mol. The van der Waals surface area contributed by atoms with Crippen molar-refractivity contribution in [3.05, 3.63) is 32.6 Å². The average molecular weight is 445 g/mol. The van der Waals surface area contributed by atoms with Gasteiger partial charge in [0.2, 0.25) is 21.7 Å². The zero-order valence-electron chi connectivity index (χ0n) is 15.0. The summed E-state index contributed by atoms with van der Waals surface area (Å²) in [5.41, 5.74) is -1.29. The van der Waals surface area contributed by atoms with Gasteiger partial charge in [0.1, 0.15) is 6.04 Å². The van der Waals surface area contributed by atoms with Crippen LogP contribution in [0, 0.1) is 10.1 Å². The molecule has 0 aliphatic rings. The number of hydrogen-bond acceptors (Lipinski definition) is 9. The molecule has 0 aliphatic heterocycles. The number of nitro benzene ring substituents is 1. The van der Waals surface area contributed by atoms with E-state index in [2.05, 4.69) is 15.3 Å². The molecule has 2 aromatic rings. The van der Waals surface area contributed by atoms with Gasteiger partial charge in [0.25, 0.3) is 11.2 Å². The van der Waals surface area contributed by atoms with E-state index in [1.165, 1.54) is 6.07 Å². The van der Waals surface area contributed by atoms with E-state index in [0.29, 0.717) is 0 Å². The summed E-state index contributed by atoms with van der Waals surface area (Å²) in [6, 6.07) is 0.956. The van der Waals surface area contributed by atoms with E-state index in [1.807, 2.05) is 4.72 Å². The lowest BCUT2D eigenvalue weighted by Gasteiger charge is -2.13. The maximum atomic E-state index is 11.9. The van der Waals surface area contributed by atoms with Gasteiger partial charge in [-0.25, -0.2) is 18.2 Å². The van der Waals surface area contributed by atoms with Crippen LogP contribution in [0.3, 0.4) is 0 Å². The van der Waals surface area contributed by atoms with Crippen LogP contribution in [0.4, 0.5) is 11.5 Å². The van der Waals surface area contributed by atoms with E-state index in [0.717, 1.165) is 31.0 Å². The second kappa shape index (κ2) is 8.44. The van der Waals surface area contributed by atoms with Crippen LogP contribution in [0.5, 0.6) is 0 Å². The van der Waals surface area contributed by atoms with Crippen LogP contribution in [0.2, 0.25) is 0 Å². The van der Waals surface area contributed by atoms with Crippen molar-refractivity contribution in [2.75, 3.05) is 16.7 Å². The van der Waals surface area contributed by atoms with Gasteiger partial charge in [-0.3, -0.25) is 24.4 Å². The van der Waals surface area contributed by atoms with Crippen LogP contribution in [0.15, 0.2) is 21.8 Å². The number of thioether (sulfide) groups is 1. The van der Waals surface area contributed by atoms with Gasteiger partial charge in [0, 0.05) is 18.7 Å². The van der Waals surface area contributed by atoms with Gasteiger partial charge in [-0.05, 0) is 6.07 Å². The van der Waals surface area contributed by atoms with Crippen molar-refractivity contribution in [1.82, 2.24) is 15.3 Å². The Morgan fingerprint density at radius 1 is 1.41 bits per heavy atom. The number of fused-ring (bicyclic) bond motifs is 1. The minimum atomic E-state index is -3.79. The SMILES string of the molecule is CC(=O)NC(CSc1cc2nc(NS(C)(=O)=O)c(=O)[nH]c2cc1[N+](=O)[O-])C(=O)O. The van der Waals surface area contributed by atoms with Gasteiger partial charge in [0.15, 0.2) is 0 Å². The van der Waals surface area contributed by atoms with Crippen molar-refractivity contribution in [1.29, 1.82) is 0 Å². The highest BCUT2D eigenvalue weighted by Gasteiger charge is 2.23. The minimum Gasteiger partial charge on any atom is -0.480 e. The maximum Gasteiger partial charge on any atom is 0.327 e. The molecule has 1 aromatic carbocycles. The smallest absolute Gasteiger partial charge is 0.327 e. The summed E-state index contributed by atoms with van der Waals surface area (Å²) in [5.74, 6) is -2.65. The molecule has 1 heterocycles. The Hall–Kier alpha value is -3.20. The first kappa shape index (κ1) is 22.1. The summed E-state index contributed by atoms with van der Waals surface area (Å²) in [5, 5.41) is 22.7. The van der Waals surface area contributed by atoms with Gasteiger partial charge in [-0.1, -0.05) is 0 Å². The molecule has 1 atom stereocenters. The number of H-pyrrole nitrogens is 1. The van der Waals surface area contributed by atoms with E-state index >= 15 is 0 Å². The van der Waals surface area contributed by atoms with Crippen molar-refractivity contribution in [3.63, 3.8) is 0 Å². The molecular formula is C14H15N5O8S2. The minimum absolute atomic E-state index is 0.0123. The molecule has 15 heteroatoms. The number of nitro groups is 1. The summed E-state index contributed by atoms with van der Waals surface area (Å²) in [6.07, 6.45) is 0.823. The molecule has 29 heavy (non-hydrogen) atoms. The van der Waals surface area contributed by atoms with Gasteiger partial charge in [0.05, 0.1) is 27.1 Å². The Balaban J connectivity index is 2.49. The van der Waals surface area contributed by atoms with Gasteiger partial charge in [-0.15, -0.1) is 11.8 Å². The topological polar surface area (TPSA) is 201 Å². The fourth-order valence-corrected chi connectivity index (χ4v) is 3.74. The molecule has 0 aliphatic carbocycles. The Kier molecular flexibility index (Phi) is 6.43. The third-order valence-corrected chi connectivity index (χ3v) is 5.03. The van der Waals surface area contributed by atoms with Crippen molar-refractivity contribution in [2.24, 2.45) is 0 Å². The number of hydrogen-bond donors (Lipinski definition) is 4. The number of nitrogens with zero attached hydrogens (tertiary/aromatic N) is 2. The first-order valence-corrected chi connectivity index (χ1v) is 10.6. The Labute approximate surface area is 167 Å². The van der Waals surface area contributed by atoms with Crippen molar-refractivity contribution in [2.45, 2.75) is 17.9 Å². The van der Waals surface area contributed by atoms with Crippen molar-refractivity contribution < 1.29 is 28.0 Å². The highest BCUT2D eigenvalue weighted by molar-refractivity contribution is 7.99. The van der Waals surface area contributed by atoms with Crippen LogP contribution < -0.4 is 15.6 Å². The standard InChI is InChI=1S/C14H15N5O8S2/c1-6(20)15-9(14(22)23)5-28-11-4-8-7(3-10(11)19(24)25)17-13(21)12(16-8)18-29(2,26)27/h3-4,9H,5H2,1-2H3,(H,15,20)(H,16,18)(H,17,21)(H,22,23). The Morgan fingerprint density at radius 2 is 2.07 bits per heavy atom. The monoisotopic (exact) mass is 445 g/mol. The Bertz CT molecular complexity index is 1160. The number of aliphatic carboxylic acids is 1. The second-order valence-corrected chi connectivity index (χ2v) is 8.60. The van der Waals surface area contributed by atoms with Gasteiger partial charge in [-0.2, -0.15) is 0 Å². The molecule has 1 aromatic heterocycles. The predicted molar refractivity (Wildman–Crippen MR) is 103 cm³/mol. The summed E-state index contributed by atoms with van der Waals surface area (Å²) < 4.78 is 24.6. The Morgan fingerprint density at radius 3 is 2.59 bits per heavy atom. The van der Waals surface area contributed by atoms with E-state index in [-0.39, 0.29) is 21.7 Å². The summed E-state index contributed by atoms with van der Waals surface area (Å²) >= 11 is 0.784. The normalized spacial score (nSPS) is 12.3. The molecule has 0 saturated heterocycles.